The van der Waals surface area contributed by atoms with E-state index in [0.29, 0.717) is 18.3 Å². The van der Waals surface area contributed by atoms with Crippen molar-refractivity contribution in [3.05, 3.63) is 0 Å². The maximum Gasteiger partial charge on any atom is 0.0936 e. The molecular formula is C21H36N2O4. The van der Waals surface area contributed by atoms with Crippen LogP contribution in [-0.2, 0) is 14.2 Å². The molecule has 5 unspecified atom stereocenters. The third-order valence-electron chi connectivity index (χ3n) is 6.86. The average Bonchev–Trinajstić information content (AvgIpc) is 3.46. The molecule has 2 aliphatic carbocycles. The van der Waals surface area contributed by atoms with Gasteiger partial charge in [0.15, 0.2) is 0 Å². The normalized spacial score (nSPS) is 39.0. The van der Waals surface area contributed by atoms with Crippen LogP contribution in [0.3, 0.4) is 0 Å². The van der Waals surface area contributed by atoms with E-state index in [1.807, 2.05) is 0 Å². The summed E-state index contributed by atoms with van der Waals surface area (Å²) < 4.78 is 16.4. The Kier molecular flexibility index (Phi) is 5.48. The average molecular weight is 381 g/mol. The highest BCUT2D eigenvalue weighted by Crippen LogP contribution is 2.37. The summed E-state index contributed by atoms with van der Waals surface area (Å²) in [6.45, 7) is 9.14. The van der Waals surface area contributed by atoms with E-state index in [2.05, 4.69) is 9.80 Å². The second kappa shape index (κ2) is 7.88. The molecule has 0 radical (unpaired) electrons. The highest BCUT2D eigenvalue weighted by Gasteiger charge is 2.43. The number of aliphatic hydroxyl groups is 1. The number of hydrogen-bond donors (Lipinski definition) is 1. The minimum Gasteiger partial charge on any atom is -0.389 e. The van der Waals surface area contributed by atoms with Gasteiger partial charge in [0.25, 0.3) is 0 Å². The molecule has 154 valence electrons. The summed E-state index contributed by atoms with van der Waals surface area (Å²) in [7, 11) is 0. The van der Waals surface area contributed by atoms with E-state index in [1.54, 1.807) is 0 Å². The van der Waals surface area contributed by atoms with Gasteiger partial charge in [0.2, 0.25) is 0 Å². The van der Waals surface area contributed by atoms with Crippen LogP contribution in [0.25, 0.3) is 0 Å². The molecule has 0 aromatic carbocycles. The lowest BCUT2D eigenvalue weighted by Gasteiger charge is -2.36. The Morgan fingerprint density at radius 2 is 1.22 bits per heavy atom. The Hall–Kier alpha value is -0.240. The Morgan fingerprint density at radius 1 is 0.741 bits per heavy atom. The summed E-state index contributed by atoms with van der Waals surface area (Å²) in [4.78, 5) is 5.11. The van der Waals surface area contributed by atoms with Gasteiger partial charge in [-0.05, 0) is 43.9 Å². The fourth-order valence-corrected chi connectivity index (χ4v) is 4.99. The van der Waals surface area contributed by atoms with E-state index in [-0.39, 0.29) is 0 Å². The zero-order valence-corrected chi connectivity index (χ0v) is 16.6. The molecule has 6 heteroatoms. The van der Waals surface area contributed by atoms with Gasteiger partial charge < -0.3 is 19.3 Å². The summed E-state index contributed by atoms with van der Waals surface area (Å²) in [6.07, 6.45) is 8.68. The smallest absolute Gasteiger partial charge is 0.0936 e. The Morgan fingerprint density at radius 3 is 1.70 bits per heavy atom. The van der Waals surface area contributed by atoms with Crippen LogP contribution in [0, 0.1) is 11.8 Å². The first-order valence-electron chi connectivity index (χ1n) is 11.2. The molecule has 0 spiro atoms. The molecule has 1 N–H and O–H groups in total. The molecule has 0 bridgehead atoms. The Bertz CT molecular complexity index is 488. The molecule has 3 heterocycles. The molecule has 3 saturated heterocycles. The van der Waals surface area contributed by atoms with Crippen molar-refractivity contribution < 1.29 is 19.3 Å². The standard InChI is InChI=1S/C21H36N2O4/c24-21(4-5-21)15-23(11-20-14-27-20)8-17-3-1-2-16(6-17)7-22(9-18-12-25-18)10-19-13-26-19/h16-20,24H,1-15H2. The van der Waals surface area contributed by atoms with Crippen molar-refractivity contribution in [2.45, 2.75) is 62.4 Å². The third-order valence-corrected chi connectivity index (χ3v) is 6.86. The van der Waals surface area contributed by atoms with Gasteiger partial charge >= 0.3 is 0 Å². The summed E-state index contributed by atoms with van der Waals surface area (Å²) >= 11 is 0. The van der Waals surface area contributed by atoms with Gasteiger partial charge in [0.05, 0.1) is 43.7 Å². The fraction of sp³-hybridized carbons (Fsp3) is 1.00. The lowest BCUT2D eigenvalue weighted by atomic mass is 9.80. The van der Waals surface area contributed by atoms with Gasteiger partial charge in [-0.3, -0.25) is 9.80 Å². The van der Waals surface area contributed by atoms with E-state index >= 15 is 0 Å². The quantitative estimate of drug-likeness (QED) is 0.512. The topological polar surface area (TPSA) is 64.3 Å². The molecule has 0 aromatic rings. The minimum atomic E-state index is -0.395. The lowest BCUT2D eigenvalue weighted by Crippen LogP contribution is -2.42. The van der Waals surface area contributed by atoms with Crippen molar-refractivity contribution in [1.82, 2.24) is 9.80 Å². The lowest BCUT2D eigenvalue weighted by molar-refractivity contribution is 0.0682. The van der Waals surface area contributed by atoms with Crippen LogP contribution in [0.1, 0.15) is 38.5 Å². The van der Waals surface area contributed by atoms with Crippen LogP contribution in [0.5, 0.6) is 0 Å². The molecule has 5 fully saturated rings. The molecular weight excluding hydrogens is 344 g/mol. The van der Waals surface area contributed by atoms with Crippen LogP contribution in [0.2, 0.25) is 0 Å². The molecule has 2 saturated carbocycles. The first kappa shape index (κ1) is 18.8. The van der Waals surface area contributed by atoms with Crippen LogP contribution in [0.4, 0.5) is 0 Å². The zero-order chi connectivity index (χ0) is 18.3. The molecule has 27 heavy (non-hydrogen) atoms. The van der Waals surface area contributed by atoms with E-state index in [0.717, 1.165) is 77.2 Å². The summed E-state index contributed by atoms with van der Waals surface area (Å²) in [5, 5.41) is 10.4. The molecule has 3 aliphatic heterocycles. The van der Waals surface area contributed by atoms with Gasteiger partial charge in [0.1, 0.15) is 0 Å². The van der Waals surface area contributed by atoms with Crippen molar-refractivity contribution in [1.29, 1.82) is 0 Å². The van der Waals surface area contributed by atoms with Gasteiger partial charge in [-0.25, -0.2) is 0 Å². The highest BCUT2D eigenvalue weighted by atomic mass is 16.6. The SMILES string of the molecule is OC1(CN(CC2CCCC(CN(CC3CO3)CC3CO3)C2)CC2CO2)CC1. The number of epoxide rings is 3. The van der Waals surface area contributed by atoms with Gasteiger partial charge in [-0.1, -0.05) is 6.42 Å². The first-order chi connectivity index (χ1) is 13.1. The summed E-state index contributed by atoms with van der Waals surface area (Å²) in [5.41, 5.74) is -0.395. The largest absolute Gasteiger partial charge is 0.389 e. The summed E-state index contributed by atoms with van der Waals surface area (Å²) in [5.74, 6) is 1.56. The number of ether oxygens (including phenoxy) is 3. The summed E-state index contributed by atoms with van der Waals surface area (Å²) in [6, 6.07) is 0. The fourth-order valence-electron chi connectivity index (χ4n) is 4.99. The predicted octanol–water partition coefficient (Wildman–Crippen LogP) is 1.12. The number of nitrogens with zero attached hydrogens (tertiary/aromatic N) is 2. The second-order valence-corrected chi connectivity index (χ2v) is 9.90. The van der Waals surface area contributed by atoms with E-state index in [9.17, 15) is 5.11 Å². The maximum atomic E-state index is 10.4. The molecule has 6 nitrogen and oxygen atoms in total. The van der Waals surface area contributed by atoms with Gasteiger partial charge in [0, 0.05) is 39.3 Å². The van der Waals surface area contributed by atoms with E-state index < -0.39 is 5.60 Å². The van der Waals surface area contributed by atoms with Crippen LogP contribution in [0.15, 0.2) is 0 Å². The van der Waals surface area contributed by atoms with Crippen LogP contribution >= 0.6 is 0 Å². The number of rotatable bonds is 12. The van der Waals surface area contributed by atoms with Gasteiger partial charge in [-0.15, -0.1) is 0 Å². The Labute approximate surface area is 163 Å². The number of hydrogen-bond acceptors (Lipinski definition) is 6. The van der Waals surface area contributed by atoms with Crippen LogP contribution in [-0.4, -0.2) is 97.9 Å². The molecule has 5 rings (SSSR count). The second-order valence-electron chi connectivity index (χ2n) is 9.90. The molecule has 0 amide bonds. The maximum absolute atomic E-state index is 10.4. The Balaban J connectivity index is 1.11. The van der Waals surface area contributed by atoms with Crippen molar-refractivity contribution in [2.24, 2.45) is 11.8 Å². The van der Waals surface area contributed by atoms with Crippen molar-refractivity contribution >= 4 is 0 Å². The first-order valence-corrected chi connectivity index (χ1v) is 11.2. The molecule has 0 aromatic heterocycles. The minimum absolute atomic E-state index is 0.395. The van der Waals surface area contributed by atoms with E-state index in [4.69, 9.17) is 14.2 Å². The zero-order valence-electron chi connectivity index (χ0n) is 16.6. The van der Waals surface area contributed by atoms with Crippen molar-refractivity contribution in [2.75, 3.05) is 59.1 Å². The van der Waals surface area contributed by atoms with Crippen molar-refractivity contribution in [3.63, 3.8) is 0 Å². The molecule has 5 aliphatic rings. The van der Waals surface area contributed by atoms with Crippen LogP contribution < -0.4 is 0 Å². The van der Waals surface area contributed by atoms with E-state index in [1.165, 1.54) is 32.2 Å². The molecule has 5 atom stereocenters. The van der Waals surface area contributed by atoms with Gasteiger partial charge in [-0.2, -0.15) is 0 Å². The van der Waals surface area contributed by atoms with Crippen molar-refractivity contribution in [3.8, 4) is 0 Å². The third kappa shape index (κ3) is 6.12. The monoisotopic (exact) mass is 380 g/mol. The highest BCUT2D eigenvalue weighted by molar-refractivity contribution is 4.97. The predicted molar refractivity (Wildman–Crippen MR) is 102 cm³/mol.